The summed E-state index contributed by atoms with van der Waals surface area (Å²) in [5.74, 6) is 0. The summed E-state index contributed by atoms with van der Waals surface area (Å²) in [5, 5.41) is 0. The zero-order valence-electron chi connectivity index (χ0n) is 9.56. The first-order valence-corrected chi connectivity index (χ1v) is 6.00. The Morgan fingerprint density at radius 3 is 2.69 bits per heavy atom. The molecule has 1 aromatic rings. The van der Waals surface area contributed by atoms with Crippen LogP contribution in [0.3, 0.4) is 0 Å². The SMILES string of the molecule is O=CCC1(Cc2ccccc2)C=CCCC1. The summed E-state index contributed by atoms with van der Waals surface area (Å²) in [6.45, 7) is 0. The van der Waals surface area contributed by atoms with Crippen molar-refractivity contribution in [2.24, 2.45) is 5.41 Å². The molecule has 1 nitrogen and oxygen atoms in total. The average Bonchev–Trinajstić information content (AvgIpc) is 2.31. The lowest BCUT2D eigenvalue weighted by Gasteiger charge is -2.31. The van der Waals surface area contributed by atoms with Gasteiger partial charge < -0.3 is 4.79 Å². The second-order valence-corrected chi connectivity index (χ2v) is 4.69. The Morgan fingerprint density at radius 2 is 2.06 bits per heavy atom. The highest BCUT2D eigenvalue weighted by Gasteiger charge is 2.28. The normalized spacial score (nSPS) is 24.2. The molecular weight excluding hydrogens is 196 g/mol. The van der Waals surface area contributed by atoms with Crippen LogP contribution in [0.4, 0.5) is 0 Å². The van der Waals surface area contributed by atoms with Crippen molar-refractivity contribution in [1.82, 2.24) is 0 Å². The monoisotopic (exact) mass is 214 g/mol. The van der Waals surface area contributed by atoms with Crippen LogP contribution in [0.25, 0.3) is 0 Å². The maximum atomic E-state index is 10.8. The Kier molecular flexibility index (Phi) is 3.55. The van der Waals surface area contributed by atoms with Gasteiger partial charge in [-0.2, -0.15) is 0 Å². The van der Waals surface area contributed by atoms with Crippen molar-refractivity contribution in [3.8, 4) is 0 Å². The summed E-state index contributed by atoms with van der Waals surface area (Å²) in [6, 6.07) is 10.5. The number of benzene rings is 1. The van der Waals surface area contributed by atoms with Crippen LogP contribution >= 0.6 is 0 Å². The molecule has 0 fully saturated rings. The van der Waals surface area contributed by atoms with Gasteiger partial charge in [0.25, 0.3) is 0 Å². The van der Waals surface area contributed by atoms with E-state index >= 15 is 0 Å². The molecule has 1 aromatic carbocycles. The molecule has 1 heteroatoms. The highest BCUT2D eigenvalue weighted by Crippen LogP contribution is 2.37. The lowest BCUT2D eigenvalue weighted by Crippen LogP contribution is -2.23. The molecule has 0 saturated heterocycles. The second kappa shape index (κ2) is 5.11. The minimum absolute atomic E-state index is 0.0847. The van der Waals surface area contributed by atoms with Crippen molar-refractivity contribution >= 4 is 6.29 Å². The van der Waals surface area contributed by atoms with Crippen LogP contribution in [0.15, 0.2) is 42.5 Å². The van der Waals surface area contributed by atoms with Crippen LogP contribution in [-0.2, 0) is 11.2 Å². The average molecular weight is 214 g/mol. The third-order valence-corrected chi connectivity index (χ3v) is 3.41. The Balaban J connectivity index is 2.17. The van der Waals surface area contributed by atoms with Gasteiger partial charge in [-0.25, -0.2) is 0 Å². The molecule has 16 heavy (non-hydrogen) atoms. The van der Waals surface area contributed by atoms with Gasteiger partial charge in [0.15, 0.2) is 0 Å². The number of carbonyl (C=O) groups is 1. The van der Waals surface area contributed by atoms with Crippen molar-refractivity contribution in [1.29, 1.82) is 0 Å². The molecule has 2 rings (SSSR count). The van der Waals surface area contributed by atoms with E-state index in [-0.39, 0.29) is 5.41 Å². The third kappa shape index (κ3) is 2.60. The predicted molar refractivity (Wildman–Crippen MR) is 66.3 cm³/mol. The lowest BCUT2D eigenvalue weighted by atomic mass is 9.72. The molecule has 84 valence electrons. The van der Waals surface area contributed by atoms with E-state index in [9.17, 15) is 4.79 Å². The van der Waals surface area contributed by atoms with Gasteiger partial charge in [-0.05, 0) is 36.7 Å². The first kappa shape index (κ1) is 11.1. The van der Waals surface area contributed by atoms with E-state index in [0.717, 1.165) is 25.5 Å². The first-order chi connectivity index (χ1) is 7.85. The fourth-order valence-electron chi connectivity index (χ4n) is 2.55. The molecule has 0 aliphatic heterocycles. The van der Waals surface area contributed by atoms with Crippen molar-refractivity contribution < 1.29 is 4.79 Å². The summed E-state index contributed by atoms with van der Waals surface area (Å²) in [7, 11) is 0. The topological polar surface area (TPSA) is 17.1 Å². The van der Waals surface area contributed by atoms with Gasteiger partial charge in [0, 0.05) is 6.42 Å². The van der Waals surface area contributed by atoms with Gasteiger partial charge in [-0.1, -0.05) is 42.5 Å². The molecule has 0 spiro atoms. The molecule has 0 N–H and O–H groups in total. The Labute approximate surface area is 97.2 Å². The van der Waals surface area contributed by atoms with E-state index in [1.807, 2.05) is 6.07 Å². The number of allylic oxidation sites excluding steroid dienone is 2. The molecule has 1 aliphatic carbocycles. The first-order valence-electron chi connectivity index (χ1n) is 6.00. The summed E-state index contributed by atoms with van der Waals surface area (Å²) in [6.07, 6.45) is 10.7. The van der Waals surface area contributed by atoms with E-state index < -0.39 is 0 Å². The van der Waals surface area contributed by atoms with Crippen LogP contribution in [0.1, 0.15) is 31.2 Å². The van der Waals surface area contributed by atoms with Gasteiger partial charge in [0.2, 0.25) is 0 Å². The molecule has 0 heterocycles. The van der Waals surface area contributed by atoms with E-state index in [1.54, 1.807) is 0 Å². The van der Waals surface area contributed by atoms with E-state index in [1.165, 1.54) is 12.0 Å². The maximum absolute atomic E-state index is 10.8. The highest BCUT2D eigenvalue weighted by atomic mass is 16.1. The van der Waals surface area contributed by atoms with Gasteiger partial charge in [0.05, 0.1) is 0 Å². The Hall–Kier alpha value is -1.37. The van der Waals surface area contributed by atoms with E-state index in [0.29, 0.717) is 6.42 Å². The molecule has 0 radical (unpaired) electrons. The van der Waals surface area contributed by atoms with Crippen LogP contribution in [0.2, 0.25) is 0 Å². The molecule has 0 saturated carbocycles. The summed E-state index contributed by atoms with van der Waals surface area (Å²) >= 11 is 0. The zero-order chi connectivity index (χ0) is 11.3. The van der Waals surface area contributed by atoms with Gasteiger partial charge in [-0.3, -0.25) is 0 Å². The molecular formula is C15H18O. The molecule has 1 aliphatic rings. The zero-order valence-corrected chi connectivity index (χ0v) is 9.56. The number of aldehydes is 1. The lowest BCUT2D eigenvalue weighted by molar-refractivity contribution is -0.109. The number of hydrogen-bond acceptors (Lipinski definition) is 1. The number of carbonyl (C=O) groups excluding carboxylic acids is 1. The summed E-state index contributed by atoms with van der Waals surface area (Å²) in [5.41, 5.74) is 1.41. The van der Waals surface area contributed by atoms with E-state index in [2.05, 4.69) is 36.4 Å². The fraction of sp³-hybridized carbons (Fsp3) is 0.400. The minimum atomic E-state index is 0.0847. The number of hydrogen-bond donors (Lipinski definition) is 0. The minimum Gasteiger partial charge on any atom is -0.303 e. The molecule has 1 unspecified atom stereocenters. The van der Waals surface area contributed by atoms with E-state index in [4.69, 9.17) is 0 Å². The van der Waals surface area contributed by atoms with Crippen molar-refractivity contribution in [3.63, 3.8) is 0 Å². The van der Waals surface area contributed by atoms with Gasteiger partial charge >= 0.3 is 0 Å². The summed E-state index contributed by atoms with van der Waals surface area (Å²) in [4.78, 5) is 10.8. The van der Waals surface area contributed by atoms with Crippen LogP contribution in [0.5, 0.6) is 0 Å². The van der Waals surface area contributed by atoms with Gasteiger partial charge in [0.1, 0.15) is 6.29 Å². The van der Waals surface area contributed by atoms with Crippen molar-refractivity contribution in [2.75, 3.05) is 0 Å². The molecule has 1 atom stereocenters. The van der Waals surface area contributed by atoms with Crippen LogP contribution in [-0.4, -0.2) is 6.29 Å². The van der Waals surface area contributed by atoms with Crippen molar-refractivity contribution in [2.45, 2.75) is 32.1 Å². The molecule has 0 aromatic heterocycles. The Morgan fingerprint density at radius 1 is 1.25 bits per heavy atom. The van der Waals surface area contributed by atoms with Crippen LogP contribution < -0.4 is 0 Å². The largest absolute Gasteiger partial charge is 0.303 e. The summed E-state index contributed by atoms with van der Waals surface area (Å²) < 4.78 is 0. The third-order valence-electron chi connectivity index (χ3n) is 3.41. The quantitative estimate of drug-likeness (QED) is 0.553. The maximum Gasteiger partial charge on any atom is 0.120 e. The van der Waals surface area contributed by atoms with Crippen LogP contribution in [0, 0.1) is 5.41 Å². The number of rotatable bonds is 4. The standard InChI is InChI=1S/C15H18O/c16-12-11-15(9-5-2-6-10-15)13-14-7-3-1-4-8-14/h1,3-5,7-9,12H,2,6,10-11,13H2. The molecule has 0 bridgehead atoms. The predicted octanol–water partition coefficient (Wildman–Crippen LogP) is 3.54. The second-order valence-electron chi connectivity index (χ2n) is 4.69. The Bertz CT molecular complexity index is 366. The highest BCUT2D eigenvalue weighted by molar-refractivity contribution is 5.52. The smallest absolute Gasteiger partial charge is 0.120 e. The van der Waals surface area contributed by atoms with Crippen molar-refractivity contribution in [3.05, 3.63) is 48.0 Å². The van der Waals surface area contributed by atoms with Gasteiger partial charge in [-0.15, -0.1) is 0 Å². The fourth-order valence-corrected chi connectivity index (χ4v) is 2.55. The molecule has 0 amide bonds.